The number of rotatable bonds is 5. The van der Waals surface area contributed by atoms with E-state index >= 15 is 0 Å². The van der Waals surface area contributed by atoms with Crippen LogP contribution in [0.4, 0.5) is 0 Å². The Morgan fingerprint density at radius 1 is 1.43 bits per heavy atom. The van der Waals surface area contributed by atoms with Crippen LogP contribution in [0.5, 0.6) is 0 Å². The van der Waals surface area contributed by atoms with Gasteiger partial charge in [0.15, 0.2) is 6.04 Å². The largest absolute Gasteiger partial charge is 0.481 e. The van der Waals surface area contributed by atoms with Crippen LogP contribution in [0.3, 0.4) is 0 Å². The maximum absolute atomic E-state index is 10.8. The first-order valence-corrected chi connectivity index (χ1v) is 4.09. The predicted octanol–water partition coefficient (Wildman–Crippen LogP) is -0.207. The van der Waals surface area contributed by atoms with Crippen molar-refractivity contribution in [3.8, 4) is 0 Å². The van der Waals surface area contributed by atoms with Gasteiger partial charge in [0, 0.05) is 12.8 Å². The van der Waals surface area contributed by atoms with Gasteiger partial charge in [0.2, 0.25) is 6.33 Å². The molecule has 1 aromatic rings. The number of aromatic amines is 1. The summed E-state index contributed by atoms with van der Waals surface area (Å²) in [5.74, 6) is -2.02. The maximum Gasteiger partial charge on any atom is 0.349 e. The molecule has 6 nitrogen and oxygen atoms in total. The summed E-state index contributed by atoms with van der Waals surface area (Å²) in [7, 11) is 0. The van der Waals surface area contributed by atoms with Crippen LogP contribution in [0.1, 0.15) is 18.9 Å². The second-order valence-electron chi connectivity index (χ2n) is 2.85. The average molecular weight is 199 g/mol. The lowest BCUT2D eigenvalue weighted by molar-refractivity contribution is -0.710. The fraction of sp³-hybridized carbons (Fsp3) is 0.375. The normalized spacial score (nSPS) is 12.3. The first kappa shape index (κ1) is 10.2. The summed E-state index contributed by atoms with van der Waals surface area (Å²) in [6.07, 6.45) is 4.54. The molecule has 1 unspecified atom stereocenters. The summed E-state index contributed by atoms with van der Waals surface area (Å²) in [6.45, 7) is 0. The molecule has 76 valence electrons. The van der Waals surface area contributed by atoms with E-state index in [4.69, 9.17) is 10.2 Å². The third-order valence-corrected chi connectivity index (χ3v) is 1.84. The van der Waals surface area contributed by atoms with Crippen molar-refractivity contribution in [2.45, 2.75) is 18.9 Å². The molecule has 0 saturated carbocycles. The van der Waals surface area contributed by atoms with Gasteiger partial charge in [-0.2, -0.15) is 0 Å². The number of carboxylic acid groups (broad SMARTS) is 2. The molecule has 0 spiro atoms. The Hall–Kier alpha value is -1.85. The number of nitrogens with one attached hydrogen (secondary N) is 1. The summed E-state index contributed by atoms with van der Waals surface area (Å²) in [6, 6.07) is -0.822. The summed E-state index contributed by atoms with van der Waals surface area (Å²) >= 11 is 0. The Labute approximate surface area is 79.8 Å². The lowest BCUT2D eigenvalue weighted by Crippen LogP contribution is -2.42. The van der Waals surface area contributed by atoms with Crippen LogP contribution in [0.2, 0.25) is 0 Å². The van der Waals surface area contributed by atoms with Crippen LogP contribution in [-0.2, 0) is 9.59 Å². The van der Waals surface area contributed by atoms with Gasteiger partial charge < -0.3 is 10.2 Å². The van der Waals surface area contributed by atoms with E-state index in [9.17, 15) is 9.59 Å². The van der Waals surface area contributed by atoms with Gasteiger partial charge in [-0.25, -0.2) is 9.36 Å². The zero-order valence-corrected chi connectivity index (χ0v) is 7.38. The molecule has 1 atom stereocenters. The van der Waals surface area contributed by atoms with Crippen molar-refractivity contribution in [3.05, 3.63) is 18.7 Å². The van der Waals surface area contributed by atoms with Crippen LogP contribution >= 0.6 is 0 Å². The van der Waals surface area contributed by atoms with E-state index < -0.39 is 18.0 Å². The molecule has 0 bridgehead atoms. The van der Waals surface area contributed by atoms with Crippen molar-refractivity contribution in [2.24, 2.45) is 0 Å². The molecule has 6 heteroatoms. The molecule has 0 aliphatic rings. The van der Waals surface area contributed by atoms with Crippen LogP contribution in [0, 0.1) is 0 Å². The molecule has 1 aromatic heterocycles. The highest BCUT2D eigenvalue weighted by Gasteiger charge is 2.24. The number of H-pyrrole nitrogens is 1. The van der Waals surface area contributed by atoms with Crippen LogP contribution < -0.4 is 4.57 Å². The second kappa shape index (κ2) is 4.40. The molecule has 0 radical (unpaired) electrons. The zero-order chi connectivity index (χ0) is 10.6. The topological polar surface area (TPSA) is 94.3 Å². The van der Waals surface area contributed by atoms with Crippen LogP contribution in [0.25, 0.3) is 0 Å². The van der Waals surface area contributed by atoms with Gasteiger partial charge in [0.05, 0.1) is 0 Å². The average Bonchev–Trinajstić information content (AvgIpc) is 2.56. The Kier molecular flexibility index (Phi) is 3.22. The van der Waals surface area contributed by atoms with Crippen molar-refractivity contribution in [3.63, 3.8) is 0 Å². The van der Waals surface area contributed by atoms with Gasteiger partial charge in [-0.3, -0.25) is 9.78 Å². The van der Waals surface area contributed by atoms with Crippen molar-refractivity contribution >= 4 is 11.9 Å². The Balaban J connectivity index is 2.66. The minimum atomic E-state index is -1.03. The number of hydrogen-bond acceptors (Lipinski definition) is 2. The van der Waals surface area contributed by atoms with Gasteiger partial charge in [-0.1, -0.05) is 0 Å². The molecule has 1 rings (SSSR count). The SMILES string of the molecule is O=C(O)CCC(C(=O)O)[n+]1cc[nH]c1. The first-order chi connectivity index (χ1) is 6.61. The van der Waals surface area contributed by atoms with Crippen molar-refractivity contribution in [1.29, 1.82) is 0 Å². The first-order valence-electron chi connectivity index (χ1n) is 4.09. The number of aromatic nitrogens is 2. The summed E-state index contributed by atoms with van der Waals surface area (Å²) in [4.78, 5) is 23.8. The van der Waals surface area contributed by atoms with E-state index in [1.165, 1.54) is 10.9 Å². The molecule has 0 amide bonds. The maximum atomic E-state index is 10.8. The van der Waals surface area contributed by atoms with E-state index in [1.54, 1.807) is 12.4 Å². The highest BCUT2D eigenvalue weighted by atomic mass is 16.4. The van der Waals surface area contributed by atoms with Gasteiger partial charge >= 0.3 is 11.9 Å². The molecule has 14 heavy (non-hydrogen) atoms. The lowest BCUT2D eigenvalue weighted by Gasteiger charge is -2.06. The molecular weight excluding hydrogens is 188 g/mol. The van der Waals surface area contributed by atoms with Crippen molar-refractivity contribution in [2.75, 3.05) is 0 Å². The van der Waals surface area contributed by atoms with Crippen molar-refractivity contribution in [1.82, 2.24) is 4.98 Å². The molecule has 0 aliphatic carbocycles. The zero-order valence-electron chi connectivity index (χ0n) is 7.38. The molecule has 3 N–H and O–H groups in total. The third kappa shape index (κ3) is 2.58. The monoisotopic (exact) mass is 199 g/mol. The predicted molar refractivity (Wildman–Crippen MR) is 44.5 cm³/mol. The van der Waals surface area contributed by atoms with E-state index in [0.717, 1.165) is 0 Å². The highest BCUT2D eigenvalue weighted by Crippen LogP contribution is 2.06. The lowest BCUT2D eigenvalue weighted by atomic mass is 10.1. The molecule has 0 fully saturated rings. The van der Waals surface area contributed by atoms with E-state index in [0.29, 0.717) is 0 Å². The highest BCUT2D eigenvalue weighted by molar-refractivity contribution is 5.72. The quantitative estimate of drug-likeness (QED) is 0.572. The van der Waals surface area contributed by atoms with Crippen molar-refractivity contribution < 1.29 is 24.4 Å². The molecule has 0 aliphatic heterocycles. The Bertz CT molecular complexity index is 320. The second-order valence-corrected chi connectivity index (χ2v) is 2.85. The number of carbonyl (C=O) groups is 2. The Morgan fingerprint density at radius 3 is 2.57 bits per heavy atom. The summed E-state index contributed by atoms with van der Waals surface area (Å²) in [5.41, 5.74) is 0. The van der Waals surface area contributed by atoms with E-state index in [2.05, 4.69) is 4.98 Å². The van der Waals surface area contributed by atoms with Crippen LogP contribution in [-0.4, -0.2) is 27.1 Å². The molecule has 0 saturated heterocycles. The summed E-state index contributed by atoms with van der Waals surface area (Å²) < 4.78 is 1.44. The van der Waals surface area contributed by atoms with Gasteiger partial charge in [-0.05, 0) is 0 Å². The number of imidazole rings is 1. The standard InChI is InChI=1S/C8H10N2O4/c11-7(12)2-1-6(8(13)14)10-4-3-9-5-10/h3-6H,1-2H2,(H2,11,12,13,14)/p+1. The van der Waals surface area contributed by atoms with Gasteiger partial charge in [-0.15, -0.1) is 0 Å². The molecular formula is C8H11N2O4+. The minimum Gasteiger partial charge on any atom is -0.481 e. The number of carboxylic acids is 2. The van der Waals surface area contributed by atoms with E-state index in [-0.39, 0.29) is 12.8 Å². The number of nitrogens with zero attached hydrogens (tertiary/aromatic N) is 1. The fourth-order valence-corrected chi connectivity index (χ4v) is 1.16. The minimum absolute atomic E-state index is 0.0766. The molecule has 1 heterocycles. The van der Waals surface area contributed by atoms with E-state index in [1.807, 2.05) is 0 Å². The summed E-state index contributed by atoms with van der Waals surface area (Å²) in [5, 5.41) is 17.3. The number of aliphatic carboxylic acids is 2. The van der Waals surface area contributed by atoms with Crippen LogP contribution in [0.15, 0.2) is 18.7 Å². The Morgan fingerprint density at radius 2 is 2.14 bits per heavy atom. The molecule has 0 aromatic carbocycles. The third-order valence-electron chi connectivity index (χ3n) is 1.84. The van der Waals surface area contributed by atoms with Gasteiger partial charge in [0.25, 0.3) is 0 Å². The van der Waals surface area contributed by atoms with Gasteiger partial charge in [0.1, 0.15) is 12.4 Å². The smallest absolute Gasteiger partial charge is 0.349 e. The fourth-order valence-electron chi connectivity index (χ4n) is 1.16. The number of hydrogen-bond donors (Lipinski definition) is 3.